The van der Waals surface area contributed by atoms with Crippen LogP contribution in [-0.4, -0.2) is 18.4 Å². The van der Waals surface area contributed by atoms with Gasteiger partial charge >= 0.3 is 0 Å². The van der Waals surface area contributed by atoms with Gasteiger partial charge in [-0.15, -0.1) is 0 Å². The minimum absolute atomic E-state index is 0.258. The summed E-state index contributed by atoms with van der Waals surface area (Å²) in [6.45, 7) is -0.258. The molecule has 0 aliphatic heterocycles. The molecule has 0 aromatic heterocycles. The fourth-order valence-corrected chi connectivity index (χ4v) is 2.55. The van der Waals surface area contributed by atoms with Crippen LogP contribution in [0.3, 0.4) is 0 Å². The summed E-state index contributed by atoms with van der Waals surface area (Å²) >= 11 is 0. The molecule has 0 saturated carbocycles. The van der Waals surface area contributed by atoms with Crippen molar-refractivity contribution in [3.63, 3.8) is 0 Å². The summed E-state index contributed by atoms with van der Waals surface area (Å²) in [6, 6.07) is 22.7. The van der Waals surface area contributed by atoms with E-state index in [9.17, 15) is 14.0 Å². The molecule has 0 bridgehead atoms. The standard InChI is InChI=1S/C23H19FN2O3/c24-19-13-10-17(11-14-19)12-15-22(27)25-26-23(28)16-29-21-9-5-4-8-20(21)18-6-2-1-3-7-18/h1-15H,16H2,(H,25,27)(H,26,28). The number of hydrogen-bond donors (Lipinski definition) is 2. The third kappa shape index (κ3) is 6.04. The summed E-state index contributed by atoms with van der Waals surface area (Å²) < 4.78 is 18.5. The second-order valence-electron chi connectivity index (χ2n) is 6.07. The lowest BCUT2D eigenvalue weighted by Gasteiger charge is -2.12. The molecule has 2 amide bonds. The SMILES string of the molecule is O=C(C=Cc1ccc(F)cc1)NNC(=O)COc1ccccc1-c1ccccc1. The van der Waals surface area contributed by atoms with Crippen molar-refractivity contribution in [3.8, 4) is 16.9 Å². The van der Waals surface area contributed by atoms with Crippen molar-refractivity contribution < 1.29 is 18.7 Å². The van der Waals surface area contributed by atoms with Gasteiger partial charge in [0.25, 0.3) is 11.8 Å². The molecule has 0 spiro atoms. The Morgan fingerprint density at radius 3 is 2.31 bits per heavy atom. The summed E-state index contributed by atoms with van der Waals surface area (Å²) in [4.78, 5) is 23.7. The lowest BCUT2D eigenvalue weighted by molar-refractivity contribution is -0.128. The Hall–Kier alpha value is -3.93. The van der Waals surface area contributed by atoms with E-state index in [2.05, 4.69) is 10.9 Å². The van der Waals surface area contributed by atoms with Crippen LogP contribution in [0.25, 0.3) is 17.2 Å². The minimum atomic E-state index is -0.521. The quantitative estimate of drug-likeness (QED) is 0.498. The van der Waals surface area contributed by atoms with Crippen LogP contribution in [0.1, 0.15) is 5.56 Å². The summed E-state index contributed by atoms with van der Waals surface area (Å²) in [7, 11) is 0. The van der Waals surface area contributed by atoms with Gasteiger partial charge in [-0.05, 0) is 35.4 Å². The maximum atomic E-state index is 12.8. The lowest BCUT2D eigenvalue weighted by atomic mass is 10.1. The van der Waals surface area contributed by atoms with Crippen molar-refractivity contribution in [1.82, 2.24) is 10.9 Å². The highest BCUT2D eigenvalue weighted by Crippen LogP contribution is 2.29. The first-order valence-electron chi connectivity index (χ1n) is 8.91. The molecule has 6 heteroatoms. The van der Waals surface area contributed by atoms with Gasteiger partial charge in [0, 0.05) is 11.6 Å². The van der Waals surface area contributed by atoms with E-state index in [-0.39, 0.29) is 12.4 Å². The number of carbonyl (C=O) groups excluding carboxylic acids is 2. The molecule has 0 aliphatic carbocycles. The summed E-state index contributed by atoms with van der Waals surface area (Å²) in [5.74, 6) is -0.812. The van der Waals surface area contributed by atoms with Crippen molar-refractivity contribution in [1.29, 1.82) is 0 Å². The number of amides is 2. The smallest absolute Gasteiger partial charge is 0.276 e. The fraction of sp³-hybridized carbons (Fsp3) is 0.0435. The van der Waals surface area contributed by atoms with Crippen LogP contribution in [0, 0.1) is 5.82 Å². The molecule has 2 N–H and O–H groups in total. The molecule has 3 rings (SSSR count). The average Bonchev–Trinajstić information content (AvgIpc) is 2.76. The van der Waals surface area contributed by atoms with E-state index < -0.39 is 11.8 Å². The van der Waals surface area contributed by atoms with E-state index in [1.54, 1.807) is 6.07 Å². The fourth-order valence-electron chi connectivity index (χ4n) is 2.55. The Morgan fingerprint density at radius 1 is 0.862 bits per heavy atom. The Morgan fingerprint density at radius 2 is 1.55 bits per heavy atom. The van der Waals surface area contributed by atoms with Crippen molar-refractivity contribution in [2.24, 2.45) is 0 Å². The Kier molecular flexibility index (Phi) is 6.73. The zero-order valence-corrected chi connectivity index (χ0v) is 15.5. The third-order valence-corrected chi connectivity index (χ3v) is 3.95. The van der Waals surface area contributed by atoms with E-state index in [0.717, 1.165) is 11.1 Å². The zero-order chi connectivity index (χ0) is 20.5. The number of rotatable bonds is 6. The van der Waals surface area contributed by atoms with Crippen LogP contribution in [0.2, 0.25) is 0 Å². The van der Waals surface area contributed by atoms with Gasteiger partial charge in [-0.2, -0.15) is 0 Å². The van der Waals surface area contributed by atoms with Crippen molar-refractivity contribution >= 4 is 17.9 Å². The Balaban J connectivity index is 1.49. The predicted octanol–water partition coefficient (Wildman–Crippen LogP) is 3.73. The van der Waals surface area contributed by atoms with Gasteiger partial charge in [0.2, 0.25) is 0 Å². The largest absolute Gasteiger partial charge is 0.483 e. The molecule has 0 unspecified atom stereocenters. The van der Waals surface area contributed by atoms with Crippen LogP contribution in [-0.2, 0) is 9.59 Å². The predicted molar refractivity (Wildman–Crippen MR) is 109 cm³/mol. The molecule has 0 saturated heterocycles. The van der Waals surface area contributed by atoms with Crippen LogP contribution >= 0.6 is 0 Å². The molecule has 3 aromatic rings. The Bertz CT molecular complexity index is 1000. The monoisotopic (exact) mass is 390 g/mol. The van der Waals surface area contributed by atoms with Gasteiger partial charge in [-0.1, -0.05) is 60.7 Å². The normalized spacial score (nSPS) is 10.5. The summed E-state index contributed by atoms with van der Waals surface area (Å²) in [5.41, 5.74) is 7.05. The maximum Gasteiger partial charge on any atom is 0.276 e. The topological polar surface area (TPSA) is 67.4 Å². The first kappa shape index (κ1) is 19.8. The van der Waals surface area contributed by atoms with E-state index in [1.807, 2.05) is 48.5 Å². The van der Waals surface area contributed by atoms with Crippen molar-refractivity contribution in [3.05, 3.63) is 96.3 Å². The number of ether oxygens (including phenoxy) is 1. The molecule has 0 aliphatic rings. The summed E-state index contributed by atoms with van der Waals surface area (Å²) in [5, 5.41) is 0. The first-order valence-corrected chi connectivity index (χ1v) is 8.91. The van der Waals surface area contributed by atoms with E-state index >= 15 is 0 Å². The number of carbonyl (C=O) groups is 2. The number of nitrogens with one attached hydrogen (secondary N) is 2. The second kappa shape index (κ2) is 9.85. The molecular weight excluding hydrogens is 371 g/mol. The third-order valence-electron chi connectivity index (χ3n) is 3.95. The maximum absolute atomic E-state index is 12.8. The molecule has 0 atom stereocenters. The van der Waals surface area contributed by atoms with Gasteiger partial charge in [0.15, 0.2) is 6.61 Å². The number of benzene rings is 3. The van der Waals surface area contributed by atoms with Gasteiger partial charge < -0.3 is 4.74 Å². The van der Waals surface area contributed by atoms with E-state index in [4.69, 9.17) is 4.74 Å². The average molecular weight is 390 g/mol. The van der Waals surface area contributed by atoms with Crippen LogP contribution < -0.4 is 15.6 Å². The molecule has 0 fully saturated rings. The number of halogens is 1. The molecule has 29 heavy (non-hydrogen) atoms. The molecular formula is C23H19FN2O3. The second-order valence-corrected chi connectivity index (χ2v) is 6.07. The van der Waals surface area contributed by atoms with Gasteiger partial charge in [0.1, 0.15) is 11.6 Å². The van der Waals surface area contributed by atoms with Crippen LogP contribution in [0.5, 0.6) is 5.75 Å². The van der Waals surface area contributed by atoms with Crippen molar-refractivity contribution in [2.45, 2.75) is 0 Å². The van der Waals surface area contributed by atoms with Gasteiger partial charge in [-0.3, -0.25) is 20.4 Å². The summed E-state index contributed by atoms with van der Waals surface area (Å²) in [6.07, 6.45) is 2.74. The molecule has 0 heterocycles. The van der Waals surface area contributed by atoms with E-state index in [0.29, 0.717) is 11.3 Å². The molecule has 0 radical (unpaired) electrons. The van der Waals surface area contributed by atoms with E-state index in [1.165, 1.54) is 36.4 Å². The van der Waals surface area contributed by atoms with Crippen LogP contribution in [0.15, 0.2) is 84.9 Å². The highest BCUT2D eigenvalue weighted by Gasteiger charge is 2.08. The number of hydrazine groups is 1. The minimum Gasteiger partial charge on any atom is -0.483 e. The van der Waals surface area contributed by atoms with Gasteiger partial charge in [0.05, 0.1) is 0 Å². The molecule has 3 aromatic carbocycles. The van der Waals surface area contributed by atoms with Crippen LogP contribution in [0.4, 0.5) is 4.39 Å². The highest BCUT2D eigenvalue weighted by atomic mass is 19.1. The zero-order valence-electron chi connectivity index (χ0n) is 15.5. The lowest BCUT2D eigenvalue weighted by Crippen LogP contribution is -2.43. The van der Waals surface area contributed by atoms with Crippen molar-refractivity contribution in [2.75, 3.05) is 6.61 Å². The van der Waals surface area contributed by atoms with Gasteiger partial charge in [-0.25, -0.2) is 4.39 Å². The first-order chi connectivity index (χ1) is 14.1. The molecule has 5 nitrogen and oxygen atoms in total. The number of para-hydroxylation sites is 1. The highest BCUT2D eigenvalue weighted by molar-refractivity contribution is 5.93. The number of hydrogen-bond acceptors (Lipinski definition) is 3. The molecule has 146 valence electrons. The Labute approximate surface area is 167 Å².